The van der Waals surface area contributed by atoms with Crippen molar-refractivity contribution in [2.75, 3.05) is 20.2 Å². The van der Waals surface area contributed by atoms with Crippen molar-refractivity contribution in [2.24, 2.45) is 5.73 Å². The lowest BCUT2D eigenvalue weighted by atomic mass is 10.3. The van der Waals surface area contributed by atoms with Crippen molar-refractivity contribution in [1.29, 1.82) is 0 Å². The third-order valence-corrected chi connectivity index (χ3v) is 2.94. The van der Waals surface area contributed by atoms with Gasteiger partial charge >= 0.3 is 0 Å². The maximum absolute atomic E-state index is 12.9. The van der Waals surface area contributed by atoms with Crippen LogP contribution in [0.3, 0.4) is 0 Å². The van der Waals surface area contributed by atoms with Crippen LogP contribution in [-0.2, 0) is 4.79 Å². The highest BCUT2D eigenvalue weighted by Gasteiger charge is 2.15. The summed E-state index contributed by atoms with van der Waals surface area (Å²) in [5, 5.41) is -0.0383. The molecule has 0 bridgehead atoms. The van der Waals surface area contributed by atoms with Crippen molar-refractivity contribution >= 4 is 17.5 Å². The largest absolute Gasteiger partial charge is 0.484 e. The molecule has 18 heavy (non-hydrogen) atoms. The minimum atomic E-state index is -0.524. The van der Waals surface area contributed by atoms with Crippen LogP contribution in [0.5, 0.6) is 5.75 Å². The van der Waals surface area contributed by atoms with Gasteiger partial charge in [-0.3, -0.25) is 4.79 Å². The van der Waals surface area contributed by atoms with Crippen LogP contribution in [0.1, 0.15) is 6.92 Å². The van der Waals surface area contributed by atoms with Gasteiger partial charge in [0.15, 0.2) is 6.61 Å². The van der Waals surface area contributed by atoms with Crippen LogP contribution >= 0.6 is 11.6 Å². The summed E-state index contributed by atoms with van der Waals surface area (Å²) < 4.78 is 18.1. The first-order valence-corrected chi connectivity index (χ1v) is 5.87. The molecular weight excluding hydrogens is 259 g/mol. The van der Waals surface area contributed by atoms with Crippen LogP contribution in [0.2, 0.25) is 5.02 Å². The van der Waals surface area contributed by atoms with Gasteiger partial charge in [-0.05, 0) is 19.1 Å². The second-order valence-electron chi connectivity index (χ2n) is 3.95. The van der Waals surface area contributed by atoms with Crippen LogP contribution in [0.15, 0.2) is 18.2 Å². The summed E-state index contributed by atoms with van der Waals surface area (Å²) in [6.45, 7) is 2.08. The standard InChI is InChI=1S/C12H16ClFN2O2/c1-8(6-15)16(2)12(17)7-18-9-3-4-11(14)10(13)5-9/h3-5,8H,6-7,15H2,1-2H3. The SMILES string of the molecule is CC(CN)N(C)C(=O)COc1ccc(F)c(Cl)c1. The molecule has 0 fully saturated rings. The van der Waals surface area contributed by atoms with E-state index in [1.54, 1.807) is 7.05 Å². The number of rotatable bonds is 5. The second kappa shape index (κ2) is 6.56. The van der Waals surface area contributed by atoms with Gasteiger partial charge in [-0.15, -0.1) is 0 Å². The summed E-state index contributed by atoms with van der Waals surface area (Å²) >= 11 is 5.60. The van der Waals surface area contributed by atoms with Gasteiger partial charge in [0.05, 0.1) is 5.02 Å². The van der Waals surface area contributed by atoms with E-state index in [0.717, 1.165) is 0 Å². The molecule has 0 saturated carbocycles. The Morgan fingerprint density at radius 3 is 2.83 bits per heavy atom. The Morgan fingerprint density at radius 1 is 1.61 bits per heavy atom. The van der Waals surface area contributed by atoms with E-state index in [4.69, 9.17) is 22.1 Å². The average Bonchev–Trinajstić information content (AvgIpc) is 2.37. The highest BCUT2D eigenvalue weighted by Crippen LogP contribution is 2.21. The van der Waals surface area contributed by atoms with E-state index in [2.05, 4.69) is 0 Å². The molecule has 0 aliphatic heterocycles. The fraction of sp³-hybridized carbons (Fsp3) is 0.417. The van der Waals surface area contributed by atoms with E-state index in [9.17, 15) is 9.18 Å². The highest BCUT2D eigenvalue weighted by molar-refractivity contribution is 6.30. The molecule has 0 saturated heterocycles. The van der Waals surface area contributed by atoms with Crippen molar-refractivity contribution in [1.82, 2.24) is 4.90 Å². The number of ether oxygens (including phenoxy) is 1. The van der Waals surface area contributed by atoms with Crippen LogP contribution in [0, 0.1) is 5.82 Å². The normalized spacial score (nSPS) is 12.1. The molecule has 1 rings (SSSR count). The van der Waals surface area contributed by atoms with Gasteiger partial charge < -0.3 is 15.4 Å². The maximum atomic E-state index is 12.9. The predicted octanol–water partition coefficient (Wildman–Crippen LogP) is 1.66. The number of nitrogens with zero attached hydrogens (tertiary/aromatic N) is 1. The number of halogens is 2. The van der Waals surface area contributed by atoms with E-state index >= 15 is 0 Å². The molecule has 1 atom stereocenters. The Hall–Kier alpha value is -1.33. The first kappa shape index (κ1) is 14.7. The van der Waals surface area contributed by atoms with E-state index < -0.39 is 5.82 Å². The third-order valence-electron chi connectivity index (χ3n) is 2.65. The minimum absolute atomic E-state index is 0.0383. The molecule has 2 N–H and O–H groups in total. The summed E-state index contributed by atoms with van der Waals surface area (Å²) in [7, 11) is 1.65. The minimum Gasteiger partial charge on any atom is -0.484 e. The van der Waals surface area contributed by atoms with E-state index in [-0.39, 0.29) is 23.6 Å². The molecule has 1 aromatic rings. The zero-order valence-electron chi connectivity index (χ0n) is 10.3. The van der Waals surface area contributed by atoms with Crippen LogP contribution in [-0.4, -0.2) is 37.0 Å². The fourth-order valence-electron chi connectivity index (χ4n) is 1.22. The molecule has 4 nitrogen and oxygen atoms in total. The van der Waals surface area contributed by atoms with Gasteiger partial charge in [0, 0.05) is 25.7 Å². The number of benzene rings is 1. The predicted molar refractivity (Wildman–Crippen MR) is 68.2 cm³/mol. The monoisotopic (exact) mass is 274 g/mol. The number of hydrogen-bond donors (Lipinski definition) is 1. The van der Waals surface area contributed by atoms with Gasteiger partial charge in [-0.25, -0.2) is 4.39 Å². The summed E-state index contributed by atoms with van der Waals surface area (Å²) in [5.41, 5.74) is 5.46. The quantitative estimate of drug-likeness (QED) is 0.888. The average molecular weight is 275 g/mol. The van der Waals surface area contributed by atoms with E-state index in [1.807, 2.05) is 6.92 Å². The Labute approximate surface area is 110 Å². The number of amides is 1. The zero-order valence-corrected chi connectivity index (χ0v) is 11.1. The molecule has 1 amide bonds. The molecule has 1 aromatic carbocycles. The lowest BCUT2D eigenvalue weighted by Gasteiger charge is -2.23. The number of carbonyl (C=O) groups is 1. The van der Waals surface area contributed by atoms with E-state index in [0.29, 0.717) is 12.3 Å². The first-order valence-electron chi connectivity index (χ1n) is 5.49. The number of hydrogen-bond acceptors (Lipinski definition) is 3. The maximum Gasteiger partial charge on any atom is 0.260 e. The summed E-state index contributed by atoms with van der Waals surface area (Å²) in [6, 6.07) is 3.88. The lowest BCUT2D eigenvalue weighted by molar-refractivity contribution is -0.133. The molecule has 0 aliphatic rings. The van der Waals surface area contributed by atoms with Gasteiger partial charge in [0.25, 0.3) is 5.91 Å². The topological polar surface area (TPSA) is 55.6 Å². The van der Waals surface area contributed by atoms with Gasteiger partial charge in [0.1, 0.15) is 11.6 Å². The molecule has 0 aliphatic carbocycles. The number of likely N-dealkylation sites (N-methyl/N-ethyl adjacent to an activating group) is 1. The zero-order chi connectivity index (χ0) is 13.7. The van der Waals surface area contributed by atoms with Crippen LogP contribution in [0.25, 0.3) is 0 Å². The van der Waals surface area contributed by atoms with Crippen molar-refractivity contribution in [2.45, 2.75) is 13.0 Å². The highest BCUT2D eigenvalue weighted by atomic mass is 35.5. The molecule has 0 spiro atoms. The molecule has 0 radical (unpaired) electrons. The van der Waals surface area contributed by atoms with Crippen molar-refractivity contribution in [3.05, 3.63) is 29.0 Å². The summed E-state index contributed by atoms with van der Waals surface area (Å²) in [5.74, 6) is -0.374. The smallest absolute Gasteiger partial charge is 0.260 e. The van der Waals surface area contributed by atoms with Gasteiger partial charge in [0.2, 0.25) is 0 Å². The van der Waals surface area contributed by atoms with E-state index in [1.165, 1.54) is 23.1 Å². The van der Waals surface area contributed by atoms with Crippen LogP contribution in [0.4, 0.5) is 4.39 Å². The molecule has 1 unspecified atom stereocenters. The van der Waals surface area contributed by atoms with Crippen LogP contribution < -0.4 is 10.5 Å². The Bertz CT molecular complexity index is 429. The third kappa shape index (κ3) is 3.85. The molecule has 100 valence electrons. The molecular formula is C12H16ClFN2O2. The number of nitrogens with two attached hydrogens (primary N) is 1. The molecule has 6 heteroatoms. The lowest BCUT2D eigenvalue weighted by Crippen LogP contribution is -2.42. The van der Waals surface area contributed by atoms with Crippen molar-refractivity contribution in [3.8, 4) is 5.75 Å². The first-order chi connectivity index (χ1) is 8.45. The van der Waals surface area contributed by atoms with Gasteiger partial charge in [-0.1, -0.05) is 11.6 Å². The summed E-state index contributed by atoms with van der Waals surface area (Å²) in [6.07, 6.45) is 0. The fourth-order valence-corrected chi connectivity index (χ4v) is 1.39. The summed E-state index contributed by atoms with van der Waals surface area (Å²) in [4.78, 5) is 13.2. The Morgan fingerprint density at radius 2 is 2.28 bits per heavy atom. The molecule has 0 aromatic heterocycles. The number of carbonyl (C=O) groups excluding carboxylic acids is 1. The molecule has 0 heterocycles. The van der Waals surface area contributed by atoms with Crippen molar-refractivity contribution < 1.29 is 13.9 Å². The van der Waals surface area contributed by atoms with Gasteiger partial charge in [-0.2, -0.15) is 0 Å². The Balaban J connectivity index is 2.54. The second-order valence-corrected chi connectivity index (χ2v) is 4.36. The Kier molecular flexibility index (Phi) is 5.37. The van der Waals surface area contributed by atoms with Crippen molar-refractivity contribution in [3.63, 3.8) is 0 Å².